The quantitative estimate of drug-likeness (QED) is 0.723. The highest BCUT2D eigenvalue weighted by molar-refractivity contribution is 5.02. The van der Waals surface area contributed by atoms with Gasteiger partial charge >= 0.3 is 0 Å². The third-order valence-electron chi connectivity index (χ3n) is 1.94. The Morgan fingerprint density at radius 2 is 1.44 bits per heavy atom. The van der Waals surface area contributed by atoms with Crippen LogP contribution in [0.25, 0.3) is 0 Å². The van der Waals surface area contributed by atoms with Crippen LogP contribution in [0.15, 0.2) is 30.3 Å². The Kier molecular flexibility index (Phi) is 11.3. The molecule has 0 aliphatic carbocycles. The molecule has 1 saturated heterocycles. The molecule has 0 saturated carbocycles. The molecule has 0 radical (unpaired) electrons. The van der Waals surface area contributed by atoms with Crippen LogP contribution in [0.3, 0.4) is 0 Å². The fourth-order valence-corrected chi connectivity index (χ4v) is 1.22. The summed E-state index contributed by atoms with van der Waals surface area (Å²) in [7, 11) is 0. The minimum Gasteiger partial charge on any atom is -0.317 e. The molecule has 0 unspecified atom stereocenters. The zero-order valence-corrected chi connectivity index (χ0v) is 9.26. The van der Waals surface area contributed by atoms with Gasteiger partial charge in [-0.1, -0.05) is 24.6 Å². The maximum atomic E-state index is 11.9. The van der Waals surface area contributed by atoms with E-state index in [-0.39, 0.29) is 5.82 Å². The van der Waals surface area contributed by atoms with Gasteiger partial charge in [0.25, 0.3) is 0 Å². The van der Waals surface area contributed by atoms with Crippen molar-refractivity contribution in [3.63, 3.8) is 0 Å². The van der Waals surface area contributed by atoms with Crippen LogP contribution in [0.4, 0.5) is 13.2 Å². The van der Waals surface area contributed by atoms with Gasteiger partial charge in [-0.2, -0.15) is 0 Å². The molecule has 2 rings (SSSR count). The van der Waals surface area contributed by atoms with E-state index >= 15 is 0 Å². The van der Waals surface area contributed by atoms with Crippen LogP contribution in [0.1, 0.15) is 19.3 Å². The van der Waals surface area contributed by atoms with Gasteiger partial charge in [-0.3, -0.25) is 0 Å². The van der Waals surface area contributed by atoms with Gasteiger partial charge in [-0.15, -0.1) is 0 Å². The molecule has 1 aromatic carbocycles. The Labute approximate surface area is 94.7 Å². The van der Waals surface area contributed by atoms with Crippen LogP contribution in [0, 0.1) is 5.82 Å². The fourth-order valence-electron chi connectivity index (χ4n) is 1.22. The van der Waals surface area contributed by atoms with Gasteiger partial charge in [0.2, 0.25) is 6.93 Å². The first-order valence-electron chi connectivity index (χ1n) is 5.34. The normalized spacial score (nSPS) is 13.9. The molecular weight excluding hydrogens is 215 g/mol. The Hall–Kier alpha value is -1.03. The van der Waals surface area contributed by atoms with E-state index in [0.29, 0.717) is 0 Å². The second-order valence-corrected chi connectivity index (χ2v) is 3.21. The van der Waals surface area contributed by atoms with Crippen molar-refractivity contribution in [2.75, 3.05) is 20.0 Å². The van der Waals surface area contributed by atoms with E-state index in [4.69, 9.17) is 0 Å². The highest BCUT2D eigenvalue weighted by Gasteiger charge is 1.93. The Bertz CT molecular complexity index is 213. The number of rotatable bonds is 0. The second kappa shape index (κ2) is 12.0. The number of alkyl halides is 2. The molecule has 92 valence electrons. The molecule has 0 aromatic heterocycles. The lowest BCUT2D eigenvalue weighted by molar-refractivity contribution is 0.295. The minimum absolute atomic E-state index is 0.178. The zero-order valence-electron chi connectivity index (χ0n) is 9.26. The molecule has 1 N–H and O–H groups in total. The second-order valence-electron chi connectivity index (χ2n) is 3.21. The zero-order chi connectivity index (χ0) is 12.1. The van der Waals surface area contributed by atoms with Crippen LogP contribution >= 0.6 is 0 Å². The first kappa shape index (κ1) is 15.0. The SMILES string of the molecule is C1CCNCC1.FCF.Fc1ccccc1. The van der Waals surface area contributed by atoms with Crippen LogP contribution in [0.5, 0.6) is 0 Å². The molecular formula is C12H18F3N. The van der Waals surface area contributed by atoms with Gasteiger partial charge in [0.15, 0.2) is 0 Å². The molecule has 0 amide bonds. The van der Waals surface area contributed by atoms with Crippen molar-refractivity contribution in [3.8, 4) is 0 Å². The lowest BCUT2D eigenvalue weighted by Crippen LogP contribution is -2.21. The topological polar surface area (TPSA) is 12.0 Å². The summed E-state index contributed by atoms with van der Waals surface area (Å²) < 4.78 is 31.2. The standard InChI is InChI=1S/C6H5F.C5H11N.CH2F2/c7-6-4-2-1-3-5-6;1-2-4-6-5-3-1;2-1-3/h1-5H;6H,1-5H2;1H2. The van der Waals surface area contributed by atoms with E-state index < -0.39 is 6.93 Å². The van der Waals surface area contributed by atoms with E-state index in [1.807, 2.05) is 0 Å². The van der Waals surface area contributed by atoms with E-state index in [9.17, 15) is 13.2 Å². The molecule has 1 aliphatic rings. The first-order chi connectivity index (χ1) is 7.81. The summed E-state index contributed by atoms with van der Waals surface area (Å²) in [6.07, 6.45) is 4.22. The number of halogens is 3. The number of hydrogen-bond acceptors (Lipinski definition) is 1. The summed E-state index contributed by atoms with van der Waals surface area (Å²) >= 11 is 0. The molecule has 0 atom stereocenters. The number of hydrogen-bond donors (Lipinski definition) is 1. The van der Waals surface area contributed by atoms with Crippen molar-refractivity contribution in [2.45, 2.75) is 19.3 Å². The van der Waals surface area contributed by atoms with Gasteiger partial charge in [0.05, 0.1) is 0 Å². The summed E-state index contributed by atoms with van der Waals surface area (Å²) in [6, 6.07) is 7.94. The summed E-state index contributed by atoms with van der Waals surface area (Å²) in [5.41, 5.74) is 0. The van der Waals surface area contributed by atoms with Crippen LogP contribution in [-0.2, 0) is 0 Å². The van der Waals surface area contributed by atoms with E-state index in [2.05, 4.69) is 5.32 Å². The van der Waals surface area contributed by atoms with Crippen LogP contribution in [0.2, 0.25) is 0 Å². The Morgan fingerprint density at radius 1 is 0.938 bits per heavy atom. The lowest BCUT2D eigenvalue weighted by atomic mass is 10.2. The van der Waals surface area contributed by atoms with E-state index in [0.717, 1.165) is 0 Å². The van der Waals surface area contributed by atoms with E-state index in [1.165, 1.54) is 44.5 Å². The minimum atomic E-state index is -1.75. The Morgan fingerprint density at radius 3 is 1.62 bits per heavy atom. The average molecular weight is 233 g/mol. The molecule has 0 bridgehead atoms. The summed E-state index contributed by atoms with van der Waals surface area (Å²) in [5.74, 6) is -0.178. The first-order valence-corrected chi connectivity index (χ1v) is 5.34. The maximum absolute atomic E-state index is 11.9. The van der Waals surface area contributed by atoms with E-state index in [1.54, 1.807) is 18.2 Å². The van der Waals surface area contributed by atoms with Crippen molar-refractivity contribution >= 4 is 0 Å². The van der Waals surface area contributed by atoms with Crippen molar-refractivity contribution in [2.24, 2.45) is 0 Å². The molecule has 1 heterocycles. The fraction of sp³-hybridized carbons (Fsp3) is 0.500. The predicted octanol–water partition coefficient (Wildman–Crippen LogP) is 3.47. The maximum Gasteiger partial charge on any atom is 0.229 e. The molecule has 1 nitrogen and oxygen atoms in total. The highest BCUT2D eigenvalue weighted by atomic mass is 19.3. The molecule has 1 fully saturated rings. The van der Waals surface area contributed by atoms with Crippen molar-refractivity contribution < 1.29 is 13.2 Å². The van der Waals surface area contributed by atoms with Gasteiger partial charge in [0.1, 0.15) is 5.82 Å². The summed E-state index contributed by atoms with van der Waals surface area (Å²) in [4.78, 5) is 0. The molecule has 0 spiro atoms. The third-order valence-corrected chi connectivity index (χ3v) is 1.94. The van der Waals surface area contributed by atoms with Gasteiger partial charge in [-0.05, 0) is 38.1 Å². The molecule has 16 heavy (non-hydrogen) atoms. The van der Waals surface area contributed by atoms with Crippen molar-refractivity contribution in [3.05, 3.63) is 36.1 Å². The van der Waals surface area contributed by atoms with Crippen molar-refractivity contribution in [1.82, 2.24) is 5.32 Å². The molecule has 4 heteroatoms. The van der Waals surface area contributed by atoms with Crippen molar-refractivity contribution in [1.29, 1.82) is 0 Å². The molecule has 1 aliphatic heterocycles. The third kappa shape index (κ3) is 11.0. The van der Waals surface area contributed by atoms with Gasteiger partial charge in [-0.25, -0.2) is 13.2 Å². The van der Waals surface area contributed by atoms with Gasteiger partial charge in [0, 0.05) is 0 Å². The van der Waals surface area contributed by atoms with Gasteiger partial charge < -0.3 is 5.32 Å². The molecule has 1 aromatic rings. The average Bonchev–Trinajstić information content (AvgIpc) is 2.34. The lowest BCUT2D eigenvalue weighted by Gasteiger charge is -2.08. The smallest absolute Gasteiger partial charge is 0.229 e. The Balaban J connectivity index is 0.000000230. The summed E-state index contributed by atoms with van der Waals surface area (Å²) in [6.45, 7) is 0.750. The summed E-state index contributed by atoms with van der Waals surface area (Å²) in [5, 5.41) is 3.28. The largest absolute Gasteiger partial charge is 0.317 e. The number of benzene rings is 1. The number of nitrogens with one attached hydrogen (secondary N) is 1. The predicted molar refractivity (Wildman–Crippen MR) is 60.2 cm³/mol. The number of piperidine rings is 1. The van der Waals surface area contributed by atoms with Crippen LogP contribution in [-0.4, -0.2) is 20.0 Å². The monoisotopic (exact) mass is 233 g/mol. The van der Waals surface area contributed by atoms with Crippen LogP contribution < -0.4 is 5.32 Å². The highest BCUT2D eigenvalue weighted by Crippen LogP contribution is 1.96.